The molecule has 1 aliphatic rings. The van der Waals surface area contributed by atoms with Crippen LogP contribution >= 0.6 is 22.9 Å². The number of halogens is 1. The Morgan fingerprint density at radius 1 is 1.14 bits per heavy atom. The van der Waals surface area contributed by atoms with Crippen LogP contribution < -0.4 is 5.32 Å². The van der Waals surface area contributed by atoms with Crippen LogP contribution in [0.25, 0.3) is 5.57 Å². The highest BCUT2D eigenvalue weighted by Gasteiger charge is 2.39. The van der Waals surface area contributed by atoms with Crippen molar-refractivity contribution in [1.82, 2.24) is 4.90 Å². The van der Waals surface area contributed by atoms with Gasteiger partial charge in [-0.15, -0.1) is 11.3 Å². The Bertz CT molecular complexity index is 909. The second-order valence-electron chi connectivity index (χ2n) is 6.90. The van der Waals surface area contributed by atoms with Crippen molar-refractivity contribution >= 4 is 46.0 Å². The van der Waals surface area contributed by atoms with Crippen molar-refractivity contribution in [3.05, 3.63) is 56.9 Å². The number of rotatable bonds is 10. The lowest BCUT2D eigenvalue weighted by atomic mass is 10.1. The molecule has 1 aliphatic heterocycles. The lowest BCUT2D eigenvalue weighted by molar-refractivity contribution is -0.137. The van der Waals surface area contributed by atoms with E-state index in [1.54, 1.807) is 6.07 Å². The number of hydrogen-bond acceptors (Lipinski definition) is 5. The molecule has 1 aromatic carbocycles. The van der Waals surface area contributed by atoms with Crippen LogP contribution in [0.3, 0.4) is 0 Å². The second-order valence-corrected chi connectivity index (χ2v) is 8.25. The summed E-state index contributed by atoms with van der Waals surface area (Å²) in [6, 6.07) is 9.21. The minimum Gasteiger partial charge on any atom is -0.381 e. The van der Waals surface area contributed by atoms with E-state index in [0.717, 1.165) is 23.3 Å². The summed E-state index contributed by atoms with van der Waals surface area (Å²) in [5.41, 5.74) is 2.33. The van der Waals surface area contributed by atoms with E-state index >= 15 is 0 Å². The Morgan fingerprint density at radius 2 is 1.93 bits per heavy atom. The van der Waals surface area contributed by atoms with Gasteiger partial charge in [-0.25, -0.2) is 0 Å². The molecular weight excluding hydrogens is 408 g/mol. The molecular formula is C22H25ClN2O3S. The van der Waals surface area contributed by atoms with Crippen LogP contribution in [-0.2, 0) is 14.3 Å². The highest BCUT2D eigenvalue weighted by Crippen LogP contribution is 2.33. The topological polar surface area (TPSA) is 58.6 Å². The number of imide groups is 1. The summed E-state index contributed by atoms with van der Waals surface area (Å²) in [5, 5.41) is 5.63. The van der Waals surface area contributed by atoms with Gasteiger partial charge in [-0.2, -0.15) is 0 Å². The summed E-state index contributed by atoms with van der Waals surface area (Å²) in [6.45, 7) is 5.59. The maximum absolute atomic E-state index is 13.1. The Kier molecular flexibility index (Phi) is 7.47. The van der Waals surface area contributed by atoms with Crippen LogP contribution in [0.2, 0.25) is 5.02 Å². The molecule has 0 atom stereocenters. The monoisotopic (exact) mass is 432 g/mol. The number of unbranched alkanes of at least 4 members (excludes halogenated alkanes) is 1. The van der Waals surface area contributed by atoms with E-state index in [1.807, 2.05) is 36.6 Å². The van der Waals surface area contributed by atoms with E-state index in [1.165, 1.54) is 16.2 Å². The zero-order chi connectivity index (χ0) is 20.8. The number of amides is 2. The number of nitrogens with zero attached hydrogens (tertiary/aromatic N) is 1. The minimum atomic E-state index is -0.316. The molecule has 1 N–H and O–H groups in total. The summed E-state index contributed by atoms with van der Waals surface area (Å²) in [7, 11) is 0. The quantitative estimate of drug-likeness (QED) is 0.418. The van der Waals surface area contributed by atoms with Gasteiger partial charge in [0.25, 0.3) is 11.8 Å². The average Bonchev–Trinajstić information content (AvgIpc) is 3.30. The van der Waals surface area contributed by atoms with Crippen molar-refractivity contribution in [2.75, 3.05) is 25.1 Å². The molecule has 0 spiro atoms. The highest BCUT2D eigenvalue weighted by atomic mass is 35.5. The van der Waals surface area contributed by atoms with Crippen LogP contribution in [0.1, 0.15) is 36.6 Å². The normalized spacial score (nSPS) is 14.2. The van der Waals surface area contributed by atoms with Gasteiger partial charge in [-0.1, -0.05) is 37.1 Å². The first-order valence-electron chi connectivity index (χ1n) is 9.78. The van der Waals surface area contributed by atoms with Gasteiger partial charge in [-0.3, -0.25) is 14.5 Å². The molecule has 3 rings (SSSR count). The first-order chi connectivity index (χ1) is 14.0. The molecule has 0 aliphatic carbocycles. The fourth-order valence-electron chi connectivity index (χ4n) is 3.03. The van der Waals surface area contributed by atoms with Crippen molar-refractivity contribution in [1.29, 1.82) is 0 Å². The fourth-order valence-corrected chi connectivity index (χ4v) is 3.98. The predicted octanol–water partition coefficient (Wildman–Crippen LogP) is 5.11. The van der Waals surface area contributed by atoms with E-state index in [4.69, 9.17) is 16.3 Å². The summed E-state index contributed by atoms with van der Waals surface area (Å²) in [6.07, 6.45) is 2.70. The Labute approximate surface area is 180 Å². The van der Waals surface area contributed by atoms with Crippen molar-refractivity contribution in [3.63, 3.8) is 0 Å². The third-order valence-corrected chi connectivity index (χ3v) is 5.98. The second kappa shape index (κ2) is 10.1. The van der Waals surface area contributed by atoms with Gasteiger partial charge in [0.2, 0.25) is 0 Å². The zero-order valence-corrected chi connectivity index (χ0v) is 18.2. The molecule has 1 aromatic heterocycles. The number of ether oxygens (including phenoxy) is 1. The number of nitrogens with one attached hydrogen (secondary N) is 1. The molecule has 0 fully saturated rings. The molecule has 0 unspecified atom stereocenters. The minimum absolute atomic E-state index is 0.272. The summed E-state index contributed by atoms with van der Waals surface area (Å²) >= 11 is 7.66. The van der Waals surface area contributed by atoms with Gasteiger partial charge >= 0.3 is 0 Å². The lowest BCUT2D eigenvalue weighted by Crippen LogP contribution is -2.34. The maximum Gasteiger partial charge on any atom is 0.278 e. The number of benzene rings is 1. The number of carbonyl (C=O) groups is 2. The smallest absolute Gasteiger partial charge is 0.278 e. The molecule has 7 heteroatoms. The number of thiophene rings is 1. The summed E-state index contributed by atoms with van der Waals surface area (Å²) in [4.78, 5) is 28.2. The molecule has 0 saturated carbocycles. The number of anilines is 1. The van der Waals surface area contributed by atoms with Crippen molar-refractivity contribution in [3.8, 4) is 0 Å². The first-order valence-corrected chi connectivity index (χ1v) is 11.0. The van der Waals surface area contributed by atoms with E-state index in [-0.39, 0.29) is 11.8 Å². The van der Waals surface area contributed by atoms with E-state index in [2.05, 4.69) is 12.2 Å². The van der Waals surface area contributed by atoms with E-state index < -0.39 is 0 Å². The fraction of sp³-hybridized carbons (Fsp3) is 0.364. The Hall–Kier alpha value is -2.15. The van der Waals surface area contributed by atoms with Crippen molar-refractivity contribution in [2.24, 2.45) is 0 Å². The third kappa shape index (κ3) is 5.07. The predicted molar refractivity (Wildman–Crippen MR) is 118 cm³/mol. The molecule has 2 aromatic rings. The Balaban J connectivity index is 1.78. The zero-order valence-electron chi connectivity index (χ0n) is 16.7. The number of carbonyl (C=O) groups excluding carboxylic acids is 2. The van der Waals surface area contributed by atoms with Gasteiger partial charge in [0.15, 0.2) is 0 Å². The highest BCUT2D eigenvalue weighted by molar-refractivity contribution is 7.11. The van der Waals surface area contributed by atoms with Gasteiger partial charge in [0, 0.05) is 35.3 Å². The lowest BCUT2D eigenvalue weighted by Gasteiger charge is -2.15. The van der Waals surface area contributed by atoms with Crippen LogP contribution in [0.15, 0.2) is 41.4 Å². The molecule has 29 heavy (non-hydrogen) atoms. The largest absolute Gasteiger partial charge is 0.381 e. The van der Waals surface area contributed by atoms with Gasteiger partial charge in [0.1, 0.15) is 5.70 Å². The SMILES string of the molecule is CCCCOCCCN1C(=O)C(Nc2ccc(C)c(Cl)c2)=C(c2cccs2)C1=O. The van der Waals surface area contributed by atoms with E-state index in [0.29, 0.717) is 48.2 Å². The Morgan fingerprint density at radius 3 is 2.62 bits per heavy atom. The summed E-state index contributed by atoms with van der Waals surface area (Å²) < 4.78 is 5.56. The summed E-state index contributed by atoms with van der Waals surface area (Å²) in [5.74, 6) is -0.588. The average molecular weight is 433 g/mol. The molecule has 2 amide bonds. The third-order valence-electron chi connectivity index (χ3n) is 4.69. The van der Waals surface area contributed by atoms with Gasteiger partial charge < -0.3 is 10.1 Å². The molecule has 0 saturated heterocycles. The number of hydrogen-bond donors (Lipinski definition) is 1. The molecule has 0 radical (unpaired) electrons. The maximum atomic E-state index is 13.1. The standard InChI is InChI=1S/C22H25ClN2O3S/c1-3-4-11-28-12-6-10-25-21(26)19(18-7-5-13-29-18)20(22(25)27)24-16-9-8-15(2)17(23)14-16/h5,7-9,13-14,24H,3-4,6,10-12H2,1-2H3. The molecule has 2 heterocycles. The van der Waals surface area contributed by atoms with E-state index in [9.17, 15) is 9.59 Å². The van der Waals surface area contributed by atoms with Gasteiger partial charge in [-0.05, 0) is 48.9 Å². The van der Waals surface area contributed by atoms with Crippen molar-refractivity contribution in [2.45, 2.75) is 33.1 Å². The van der Waals surface area contributed by atoms with Crippen LogP contribution in [0, 0.1) is 6.92 Å². The molecule has 5 nitrogen and oxygen atoms in total. The first kappa shape index (κ1) is 21.6. The van der Waals surface area contributed by atoms with Gasteiger partial charge in [0.05, 0.1) is 5.57 Å². The van der Waals surface area contributed by atoms with Crippen LogP contribution in [0.5, 0.6) is 0 Å². The molecule has 0 bridgehead atoms. The van der Waals surface area contributed by atoms with Crippen molar-refractivity contribution < 1.29 is 14.3 Å². The number of aryl methyl sites for hydroxylation is 1. The van der Waals surface area contributed by atoms with Crippen LogP contribution in [0.4, 0.5) is 5.69 Å². The van der Waals surface area contributed by atoms with Crippen LogP contribution in [-0.4, -0.2) is 36.5 Å². The molecule has 154 valence electrons.